The lowest BCUT2D eigenvalue weighted by Gasteiger charge is -2.09. The predicted molar refractivity (Wildman–Crippen MR) is 117 cm³/mol. The van der Waals surface area contributed by atoms with Crippen molar-refractivity contribution in [3.05, 3.63) is 74.0 Å². The summed E-state index contributed by atoms with van der Waals surface area (Å²) in [5.41, 5.74) is 1.07. The first-order valence-electron chi connectivity index (χ1n) is 8.99. The molecule has 0 aliphatic heterocycles. The molecule has 1 heterocycles. The van der Waals surface area contributed by atoms with Crippen molar-refractivity contribution in [1.29, 1.82) is 0 Å². The third-order valence-corrected chi connectivity index (χ3v) is 6.26. The van der Waals surface area contributed by atoms with Gasteiger partial charge in [0.25, 0.3) is 12.1 Å². The van der Waals surface area contributed by atoms with Crippen molar-refractivity contribution in [2.45, 2.75) is 36.6 Å². The fourth-order valence-corrected chi connectivity index (χ4v) is 4.11. The highest BCUT2D eigenvalue weighted by molar-refractivity contribution is 9.10. The first kappa shape index (κ1) is 22.9. The van der Waals surface area contributed by atoms with E-state index in [2.05, 4.69) is 26.3 Å². The fraction of sp³-hybridized carbons (Fsp3) is 0.200. The van der Waals surface area contributed by atoms with Crippen molar-refractivity contribution < 1.29 is 18.5 Å². The van der Waals surface area contributed by atoms with Crippen molar-refractivity contribution in [1.82, 2.24) is 9.78 Å². The topological polar surface area (TPSA) is 90.1 Å². The van der Waals surface area contributed by atoms with Crippen LogP contribution in [0.4, 0.5) is 20.2 Å². The van der Waals surface area contributed by atoms with Gasteiger partial charge in [-0.3, -0.25) is 19.6 Å². The van der Waals surface area contributed by atoms with E-state index in [0.29, 0.717) is 10.6 Å². The number of halogens is 3. The number of hydrogen-bond acceptors (Lipinski definition) is 5. The SMILES string of the molecule is Cc1ccc(Sc2cc(NC(=O)Cn3nc(C(F)F)c(Br)c3C)cc([N+](=O)[O-])c2)cc1. The average Bonchev–Trinajstić information content (AvgIpc) is 2.98. The lowest BCUT2D eigenvalue weighted by molar-refractivity contribution is -0.385. The number of nitrogens with zero attached hydrogens (tertiary/aromatic N) is 3. The molecule has 0 aliphatic rings. The molecule has 0 aliphatic carbocycles. The van der Waals surface area contributed by atoms with Crippen molar-refractivity contribution in [3.8, 4) is 0 Å². The van der Waals surface area contributed by atoms with Gasteiger partial charge in [0.15, 0.2) is 0 Å². The number of rotatable bonds is 7. The molecule has 0 saturated carbocycles. The number of alkyl halides is 2. The fourth-order valence-electron chi connectivity index (χ4n) is 2.74. The van der Waals surface area contributed by atoms with Crippen LogP contribution in [0.25, 0.3) is 0 Å². The number of nitro benzene ring substituents is 1. The standard InChI is InChI=1S/C20H17BrF2N4O3S/c1-11-3-5-15(6-4-11)31-16-8-13(7-14(9-16)27(29)30)24-17(28)10-26-12(2)18(21)19(25-26)20(22)23/h3-9,20H,10H2,1-2H3,(H,24,28). The summed E-state index contributed by atoms with van der Waals surface area (Å²) in [5.74, 6) is -0.550. The Hall–Kier alpha value is -2.79. The molecule has 11 heteroatoms. The molecule has 0 saturated heterocycles. The Morgan fingerprint density at radius 2 is 1.90 bits per heavy atom. The summed E-state index contributed by atoms with van der Waals surface area (Å²) < 4.78 is 27.3. The number of anilines is 1. The minimum atomic E-state index is -2.78. The zero-order valence-corrected chi connectivity index (χ0v) is 18.8. The van der Waals surface area contributed by atoms with Crippen LogP contribution in [0.15, 0.2) is 56.7 Å². The summed E-state index contributed by atoms with van der Waals surface area (Å²) in [6.45, 7) is 3.19. The highest BCUT2D eigenvalue weighted by atomic mass is 79.9. The van der Waals surface area contributed by atoms with Crippen LogP contribution in [0.3, 0.4) is 0 Å². The molecule has 1 N–H and O–H groups in total. The Labute approximate surface area is 189 Å². The highest BCUT2D eigenvalue weighted by Crippen LogP contribution is 2.33. The second kappa shape index (κ2) is 9.56. The molecule has 0 bridgehead atoms. The van der Waals surface area contributed by atoms with E-state index in [1.54, 1.807) is 13.0 Å². The van der Waals surface area contributed by atoms with Crippen LogP contribution in [-0.4, -0.2) is 20.6 Å². The van der Waals surface area contributed by atoms with Crippen LogP contribution in [0, 0.1) is 24.0 Å². The number of carbonyl (C=O) groups excluding carboxylic acids is 1. The van der Waals surface area contributed by atoms with Crippen molar-refractivity contribution in [2.24, 2.45) is 0 Å². The van der Waals surface area contributed by atoms with Crippen LogP contribution in [0.5, 0.6) is 0 Å². The van der Waals surface area contributed by atoms with E-state index in [1.807, 2.05) is 31.2 Å². The van der Waals surface area contributed by atoms with Crippen molar-refractivity contribution >= 4 is 45.0 Å². The van der Waals surface area contributed by atoms with Crippen molar-refractivity contribution in [3.63, 3.8) is 0 Å². The van der Waals surface area contributed by atoms with Gasteiger partial charge in [0.1, 0.15) is 12.2 Å². The minimum absolute atomic E-state index is 0.141. The summed E-state index contributed by atoms with van der Waals surface area (Å²) in [6, 6.07) is 11.9. The van der Waals surface area contributed by atoms with Crippen LogP contribution in [-0.2, 0) is 11.3 Å². The molecule has 1 amide bonds. The molecule has 0 fully saturated rings. The summed E-state index contributed by atoms with van der Waals surface area (Å²) in [4.78, 5) is 24.7. The molecule has 0 radical (unpaired) electrons. The van der Waals surface area contributed by atoms with Gasteiger partial charge in [0.2, 0.25) is 5.91 Å². The predicted octanol–water partition coefficient (Wildman–Crippen LogP) is 5.90. The summed E-state index contributed by atoms with van der Waals surface area (Å²) in [6.07, 6.45) is -2.78. The maximum absolute atomic E-state index is 13.0. The van der Waals surface area contributed by atoms with Gasteiger partial charge in [-0.1, -0.05) is 29.5 Å². The summed E-state index contributed by atoms with van der Waals surface area (Å²) in [7, 11) is 0. The molecule has 162 valence electrons. The Morgan fingerprint density at radius 3 is 2.48 bits per heavy atom. The number of hydrogen-bond donors (Lipinski definition) is 1. The normalized spacial score (nSPS) is 11.0. The molecule has 31 heavy (non-hydrogen) atoms. The largest absolute Gasteiger partial charge is 0.324 e. The number of aryl methyl sites for hydroxylation is 1. The Balaban J connectivity index is 1.81. The van der Waals surface area contributed by atoms with E-state index in [9.17, 15) is 23.7 Å². The maximum Gasteiger partial charge on any atom is 0.283 e. The first-order valence-corrected chi connectivity index (χ1v) is 10.6. The molecule has 3 rings (SSSR count). The number of aromatic nitrogens is 2. The van der Waals surface area contributed by atoms with Gasteiger partial charge in [-0.05, 0) is 48.0 Å². The van der Waals surface area contributed by atoms with Gasteiger partial charge in [-0.15, -0.1) is 0 Å². The molecular weight excluding hydrogens is 494 g/mol. The smallest absolute Gasteiger partial charge is 0.283 e. The second-order valence-corrected chi connectivity index (χ2v) is 8.62. The summed E-state index contributed by atoms with van der Waals surface area (Å²) in [5, 5.41) is 17.7. The van der Waals surface area contributed by atoms with Gasteiger partial charge in [-0.2, -0.15) is 5.10 Å². The number of nitro groups is 1. The molecule has 0 atom stereocenters. The molecule has 3 aromatic rings. The van der Waals surface area contributed by atoms with Gasteiger partial charge in [0, 0.05) is 27.6 Å². The average molecular weight is 511 g/mol. The second-order valence-electron chi connectivity index (χ2n) is 6.68. The Kier molecular flexibility index (Phi) is 7.06. The van der Waals surface area contributed by atoms with Crippen LogP contribution in [0.2, 0.25) is 0 Å². The molecule has 0 spiro atoms. The highest BCUT2D eigenvalue weighted by Gasteiger charge is 2.21. The number of carbonyl (C=O) groups is 1. The number of benzene rings is 2. The third kappa shape index (κ3) is 5.67. The van der Waals surface area contributed by atoms with Gasteiger partial charge in [-0.25, -0.2) is 8.78 Å². The zero-order valence-electron chi connectivity index (χ0n) is 16.4. The number of amides is 1. The van der Waals surface area contributed by atoms with Gasteiger partial charge in [0.05, 0.1) is 15.1 Å². The van der Waals surface area contributed by atoms with E-state index in [4.69, 9.17) is 0 Å². The Morgan fingerprint density at radius 1 is 1.23 bits per heavy atom. The lowest BCUT2D eigenvalue weighted by atomic mass is 10.2. The molecule has 1 aromatic heterocycles. The monoisotopic (exact) mass is 510 g/mol. The zero-order chi connectivity index (χ0) is 22.7. The van der Waals surface area contributed by atoms with E-state index >= 15 is 0 Å². The van der Waals surface area contributed by atoms with Crippen molar-refractivity contribution in [2.75, 3.05) is 5.32 Å². The Bertz CT molecular complexity index is 1140. The molecule has 2 aromatic carbocycles. The van der Waals surface area contributed by atoms with Crippen LogP contribution >= 0.6 is 27.7 Å². The number of non-ortho nitro benzene ring substituents is 1. The summed E-state index contributed by atoms with van der Waals surface area (Å²) >= 11 is 4.38. The molecule has 7 nitrogen and oxygen atoms in total. The first-order chi connectivity index (χ1) is 14.6. The van der Waals surface area contributed by atoms with E-state index in [-0.39, 0.29) is 22.4 Å². The third-order valence-electron chi connectivity index (χ3n) is 4.30. The molecule has 0 unspecified atom stereocenters. The minimum Gasteiger partial charge on any atom is -0.324 e. The van der Waals surface area contributed by atoms with Crippen LogP contribution in [0.1, 0.15) is 23.4 Å². The molecular formula is C20H17BrF2N4O3S. The quantitative estimate of drug-likeness (QED) is 0.315. The van der Waals surface area contributed by atoms with E-state index in [0.717, 1.165) is 15.1 Å². The van der Waals surface area contributed by atoms with E-state index in [1.165, 1.54) is 23.9 Å². The van der Waals surface area contributed by atoms with E-state index < -0.39 is 22.9 Å². The van der Waals surface area contributed by atoms with Gasteiger partial charge < -0.3 is 5.32 Å². The maximum atomic E-state index is 13.0. The van der Waals surface area contributed by atoms with Gasteiger partial charge >= 0.3 is 0 Å². The van der Waals surface area contributed by atoms with Crippen LogP contribution < -0.4 is 5.32 Å². The lowest BCUT2D eigenvalue weighted by Crippen LogP contribution is -2.20. The number of nitrogens with one attached hydrogen (secondary N) is 1.